The molecule has 1 amide bonds. The Hall–Kier alpha value is -1.27. The number of carbonyl (C=O) groups excluding carboxylic acids is 1. The Bertz CT molecular complexity index is 452. The molecule has 0 heterocycles. The Labute approximate surface area is 108 Å². The first-order chi connectivity index (χ1) is 8.50. The highest BCUT2D eigenvalue weighted by Gasteiger charge is 2.06. The Morgan fingerprint density at radius 2 is 2.22 bits per heavy atom. The van der Waals surface area contributed by atoms with Crippen LogP contribution < -0.4 is 11.1 Å². The smallest absolute Gasteiger partial charge is 0.248 e. The van der Waals surface area contributed by atoms with Gasteiger partial charge in [-0.2, -0.15) is 0 Å². The lowest BCUT2D eigenvalue weighted by atomic mass is 10.1. The molecule has 0 spiro atoms. The lowest BCUT2D eigenvalue weighted by molar-refractivity contribution is 0.1000. The zero-order valence-corrected chi connectivity index (χ0v) is 11.1. The summed E-state index contributed by atoms with van der Waals surface area (Å²) in [7, 11) is -0.803. The molecule has 0 saturated carbocycles. The van der Waals surface area contributed by atoms with Crippen molar-refractivity contribution in [2.45, 2.75) is 13.0 Å². The highest BCUT2D eigenvalue weighted by Crippen LogP contribution is 2.10. The van der Waals surface area contributed by atoms with E-state index in [1.165, 1.54) is 18.2 Å². The van der Waals surface area contributed by atoms with Crippen molar-refractivity contribution in [3.8, 4) is 0 Å². The second kappa shape index (κ2) is 7.23. The van der Waals surface area contributed by atoms with Gasteiger partial charge in [-0.25, -0.2) is 4.39 Å². The normalized spacial score (nSPS) is 12.3. The minimum Gasteiger partial charge on any atom is -0.366 e. The summed E-state index contributed by atoms with van der Waals surface area (Å²) >= 11 is 0. The van der Waals surface area contributed by atoms with Gasteiger partial charge in [0.05, 0.1) is 0 Å². The predicted molar refractivity (Wildman–Crippen MR) is 70.2 cm³/mol. The van der Waals surface area contributed by atoms with E-state index in [0.717, 1.165) is 6.42 Å². The van der Waals surface area contributed by atoms with Gasteiger partial charge < -0.3 is 11.1 Å². The summed E-state index contributed by atoms with van der Waals surface area (Å²) in [5.74, 6) is -0.319. The average Bonchev–Trinajstić information content (AvgIpc) is 2.30. The summed E-state index contributed by atoms with van der Waals surface area (Å²) < 4.78 is 24.3. The van der Waals surface area contributed by atoms with Crippen molar-refractivity contribution < 1.29 is 13.4 Å². The Morgan fingerprint density at radius 3 is 2.83 bits per heavy atom. The minimum absolute atomic E-state index is 0.294. The fourth-order valence-corrected chi connectivity index (χ4v) is 2.04. The summed E-state index contributed by atoms with van der Waals surface area (Å²) in [4.78, 5) is 11.0. The number of carbonyl (C=O) groups is 1. The third-order valence-corrected chi connectivity index (χ3v) is 3.29. The van der Waals surface area contributed by atoms with Crippen LogP contribution in [0.25, 0.3) is 0 Å². The van der Waals surface area contributed by atoms with E-state index in [1.807, 2.05) is 0 Å². The fourth-order valence-electron chi connectivity index (χ4n) is 1.49. The van der Waals surface area contributed by atoms with Crippen LogP contribution in [0.4, 0.5) is 4.39 Å². The average molecular weight is 272 g/mol. The molecule has 3 N–H and O–H groups in total. The van der Waals surface area contributed by atoms with Gasteiger partial charge in [-0.1, -0.05) is 0 Å². The van der Waals surface area contributed by atoms with Crippen LogP contribution in [0.5, 0.6) is 0 Å². The number of halogens is 1. The molecule has 0 aliphatic rings. The predicted octanol–water partition coefficient (Wildman–Crippen LogP) is 0.783. The molecule has 1 aromatic carbocycles. The van der Waals surface area contributed by atoms with Crippen molar-refractivity contribution in [3.05, 3.63) is 35.1 Å². The van der Waals surface area contributed by atoms with Gasteiger partial charge in [0.15, 0.2) is 0 Å². The van der Waals surface area contributed by atoms with Crippen LogP contribution in [0.3, 0.4) is 0 Å². The molecule has 0 radical (unpaired) electrons. The summed E-state index contributed by atoms with van der Waals surface area (Å²) in [6.45, 7) is 0.975. The molecule has 1 unspecified atom stereocenters. The van der Waals surface area contributed by atoms with Gasteiger partial charge in [0.1, 0.15) is 5.82 Å². The molecule has 0 fully saturated rings. The van der Waals surface area contributed by atoms with Crippen LogP contribution in [0.15, 0.2) is 18.2 Å². The molecule has 1 aromatic rings. The molecule has 0 aliphatic heterocycles. The number of nitrogens with one attached hydrogen (secondary N) is 1. The molecule has 1 rings (SSSR count). The summed E-state index contributed by atoms with van der Waals surface area (Å²) in [5, 5.41) is 3.04. The molecule has 18 heavy (non-hydrogen) atoms. The van der Waals surface area contributed by atoms with E-state index >= 15 is 0 Å². The van der Waals surface area contributed by atoms with E-state index in [1.54, 1.807) is 6.26 Å². The van der Waals surface area contributed by atoms with Crippen LogP contribution in [0.1, 0.15) is 22.3 Å². The zero-order valence-electron chi connectivity index (χ0n) is 10.2. The van der Waals surface area contributed by atoms with Gasteiger partial charge in [0.25, 0.3) is 0 Å². The quantitative estimate of drug-likeness (QED) is 0.721. The first-order valence-corrected chi connectivity index (χ1v) is 7.32. The maximum absolute atomic E-state index is 13.4. The molecule has 6 heteroatoms. The van der Waals surface area contributed by atoms with E-state index < -0.39 is 16.7 Å². The lowest BCUT2D eigenvalue weighted by Gasteiger charge is -2.07. The van der Waals surface area contributed by atoms with E-state index in [2.05, 4.69) is 5.32 Å². The number of primary amides is 1. The number of benzene rings is 1. The van der Waals surface area contributed by atoms with Crippen molar-refractivity contribution in [3.63, 3.8) is 0 Å². The van der Waals surface area contributed by atoms with E-state index in [4.69, 9.17) is 5.73 Å². The second-order valence-corrected chi connectivity index (χ2v) is 5.53. The highest BCUT2D eigenvalue weighted by molar-refractivity contribution is 7.84. The molecule has 0 aromatic heterocycles. The maximum Gasteiger partial charge on any atom is 0.248 e. The largest absolute Gasteiger partial charge is 0.366 e. The fraction of sp³-hybridized carbons (Fsp3) is 0.417. The topological polar surface area (TPSA) is 72.2 Å². The molecule has 100 valence electrons. The zero-order chi connectivity index (χ0) is 13.5. The van der Waals surface area contributed by atoms with Crippen LogP contribution in [-0.4, -0.2) is 28.7 Å². The molecule has 4 nitrogen and oxygen atoms in total. The first kappa shape index (κ1) is 14.8. The van der Waals surface area contributed by atoms with E-state index in [9.17, 15) is 13.4 Å². The van der Waals surface area contributed by atoms with E-state index in [-0.39, 0.29) is 5.82 Å². The number of hydrogen-bond donors (Lipinski definition) is 2. The van der Waals surface area contributed by atoms with Crippen molar-refractivity contribution in [1.82, 2.24) is 5.32 Å². The van der Waals surface area contributed by atoms with Crippen LogP contribution >= 0.6 is 0 Å². The number of hydrogen-bond acceptors (Lipinski definition) is 3. The SMILES string of the molecule is CS(=O)CCCNCc1cc(C(N)=O)ccc1F. The van der Waals surface area contributed by atoms with Crippen LogP contribution in [0.2, 0.25) is 0 Å². The van der Waals surface area contributed by atoms with Crippen LogP contribution in [-0.2, 0) is 17.3 Å². The van der Waals surface area contributed by atoms with Crippen molar-refractivity contribution in [2.75, 3.05) is 18.6 Å². The molecule has 0 bridgehead atoms. The van der Waals surface area contributed by atoms with Gasteiger partial charge in [-0.05, 0) is 31.2 Å². The molecular weight excluding hydrogens is 255 g/mol. The first-order valence-electron chi connectivity index (χ1n) is 5.59. The van der Waals surface area contributed by atoms with Gasteiger partial charge in [-0.3, -0.25) is 9.00 Å². The Balaban J connectivity index is 2.48. The van der Waals surface area contributed by atoms with Crippen molar-refractivity contribution in [1.29, 1.82) is 0 Å². The minimum atomic E-state index is -0.803. The third-order valence-electron chi connectivity index (χ3n) is 2.43. The number of nitrogens with two attached hydrogens (primary N) is 1. The Kier molecular flexibility index (Phi) is 5.94. The second-order valence-electron chi connectivity index (χ2n) is 3.98. The van der Waals surface area contributed by atoms with Gasteiger partial charge in [0, 0.05) is 40.5 Å². The maximum atomic E-state index is 13.4. The van der Waals surface area contributed by atoms with Crippen molar-refractivity contribution >= 4 is 16.7 Å². The Morgan fingerprint density at radius 1 is 1.50 bits per heavy atom. The standard InChI is InChI=1S/C12H17FN2O2S/c1-18(17)6-2-5-15-8-10-7-9(12(14)16)3-4-11(10)13/h3-4,7,15H,2,5-6,8H2,1H3,(H2,14,16). The van der Waals surface area contributed by atoms with E-state index in [0.29, 0.717) is 30.0 Å². The van der Waals surface area contributed by atoms with Crippen molar-refractivity contribution in [2.24, 2.45) is 5.73 Å². The highest BCUT2D eigenvalue weighted by atomic mass is 32.2. The van der Waals surface area contributed by atoms with Crippen LogP contribution in [0, 0.1) is 5.82 Å². The number of rotatable bonds is 7. The van der Waals surface area contributed by atoms with Gasteiger partial charge in [0.2, 0.25) is 5.91 Å². The van der Waals surface area contributed by atoms with Gasteiger partial charge in [-0.15, -0.1) is 0 Å². The summed E-state index contributed by atoms with van der Waals surface area (Å²) in [6.07, 6.45) is 2.41. The molecule has 0 aliphatic carbocycles. The third kappa shape index (κ3) is 4.93. The monoisotopic (exact) mass is 272 g/mol. The molecular formula is C12H17FN2O2S. The lowest BCUT2D eigenvalue weighted by Crippen LogP contribution is -2.18. The summed E-state index contributed by atoms with van der Waals surface area (Å²) in [6, 6.07) is 4.04. The summed E-state index contributed by atoms with van der Waals surface area (Å²) in [5.41, 5.74) is 5.83. The van der Waals surface area contributed by atoms with Gasteiger partial charge >= 0.3 is 0 Å². The number of amides is 1. The molecule has 0 saturated heterocycles. The molecule has 1 atom stereocenters.